The van der Waals surface area contributed by atoms with Crippen molar-refractivity contribution in [2.45, 2.75) is 26.2 Å². The Morgan fingerprint density at radius 3 is 2.82 bits per heavy atom. The quantitative estimate of drug-likeness (QED) is 0.889. The van der Waals surface area contributed by atoms with Crippen LogP contribution in [0.1, 0.15) is 25.5 Å². The Labute approximate surface area is 105 Å². The van der Waals surface area contributed by atoms with E-state index in [1.807, 2.05) is 24.4 Å². The van der Waals surface area contributed by atoms with Crippen molar-refractivity contribution in [2.75, 3.05) is 0 Å². The Morgan fingerprint density at radius 2 is 2.12 bits per heavy atom. The van der Waals surface area contributed by atoms with Gasteiger partial charge in [0.25, 0.3) is 0 Å². The molecule has 0 aliphatic rings. The van der Waals surface area contributed by atoms with Crippen LogP contribution in [0.5, 0.6) is 0 Å². The van der Waals surface area contributed by atoms with Crippen molar-refractivity contribution in [3.8, 4) is 5.69 Å². The third-order valence-corrected chi connectivity index (χ3v) is 3.00. The van der Waals surface area contributed by atoms with Gasteiger partial charge < -0.3 is 4.98 Å². The van der Waals surface area contributed by atoms with E-state index in [1.165, 1.54) is 0 Å². The van der Waals surface area contributed by atoms with Crippen LogP contribution in [0.15, 0.2) is 35.3 Å². The van der Waals surface area contributed by atoms with E-state index in [0.29, 0.717) is 5.02 Å². The summed E-state index contributed by atoms with van der Waals surface area (Å²) in [6, 6.07) is 7.33. The number of aromatic amines is 1. The van der Waals surface area contributed by atoms with Crippen LogP contribution >= 0.6 is 11.6 Å². The second-order valence-corrected chi connectivity index (χ2v) is 4.42. The van der Waals surface area contributed by atoms with Gasteiger partial charge in [-0.25, -0.2) is 4.79 Å². The molecule has 0 amide bonds. The number of nitrogens with one attached hydrogen (secondary N) is 1. The number of para-hydroxylation sites is 1. The highest BCUT2D eigenvalue weighted by molar-refractivity contribution is 6.32. The van der Waals surface area contributed by atoms with Gasteiger partial charge in [0.2, 0.25) is 0 Å². The first-order chi connectivity index (χ1) is 8.22. The summed E-state index contributed by atoms with van der Waals surface area (Å²) in [6.07, 6.45) is 4.91. The number of hydrogen-bond acceptors (Lipinski definition) is 1. The molecule has 0 bridgehead atoms. The van der Waals surface area contributed by atoms with Gasteiger partial charge in [0, 0.05) is 11.9 Å². The molecule has 0 spiro atoms. The van der Waals surface area contributed by atoms with Gasteiger partial charge in [-0.15, -0.1) is 0 Å². The summed E-state index contributed by atoms with van der Waals surface area (Å²) in [5, 5.41) is 0.579. The van der Waals surface area contributed by atoms with Gasteiger partial charge in [0.1, 0.15) is 0 Å². The average Bonchev–Trinajstić information content (AvgIpc) is 2.68. The topological polar surface area (TPSA) is 37.8 Å². The highest BCUT2D eigenvalue weighted by atomic mass is 35.5. The van der Waals surface area contributed by atoms with Crippen LogP contribution in [0.2, 0.25) is 5.02 Å². The number of unbranched alkanes of at least 4 members (excludes halogenated alkanes) is 1. The molecule has 0 aliphatic heterocycles. The lowest BCUT2D eigenvalue weighted by atomic mass is 10.2. The fourth-order valence-electron chi connectivity index (χ4n) is 1.76. The maximum atomic E-state index is 11.8. The Bertz CT molecular complexity index is 557. The average molecular weight is 251 g/mol. The van der Waals surface area contributed by atoms with Crippen LogP contribution in [-0.4, -0.2) is 9.55 Å². The van der Waals surface area contributed by atoms with Gasteiger partial charge >= 0.3 is 5.69 Å². The molecular weight excluding hydrogens is 236 g/mol. The van der Waals surface area contributed by atoms with Gasteiger partial charge in [0.05, 0.1) is 10.7 Å². The van der Waals surface area contributed by atoms with Crippen molar-refractivity contribution in [3.05, 3.63) is 51.7 Å². The molecule has 2 aromatic rings. The second kappa shape index (κ2) is 5.23. The Hall–Kier alpha value is -1.48. The standard InChI is InChI=1S/C13H15ClN2O/c1-2-3-6-10-9-16(13(17)15-10)12-8-5-4-7-11(12)14/h4-5,7-9H,2-3,6H2,1H3,(H,15,17). The van der Waals surface area contributed by atoms with Gasteiger partial charge in [0.15, 0.2) is 0 Å². The van der Waals surface area contributed by atoms with Crippen LogP contribution in [-0.2, 0) is 6.42 Å². The minimum Gasteiger partial charge on any atom is -0.310 e. The lowest BCUT2D eigenvalue weighted by molar-refractivity contribution is 0.779. The maximum absolute atomic E-state index is 11.8. The maximum Gasteiger partial charge on any atom is 0.330 e. The predicted octanol–water partition coefficient (Wildman–Crippen LogP) is 3.16. The van der Waals surface area contributed by atoms with Gasteiger partial charge in [-0.1, -0.05) is 37.1 Å². The van der Waals surface area contributed by atoms with E-state index in [9.17, 15) is 4.79 Å². The predicted molar refractivity (Wildman–Crippen MR) is 70.0 cm³/mol. The van der Waals surface area contributed by atoms with E-state index in [0.717, 1.165) is 30.6 Å². The van der Waals surface area contributed by atoms with Crippen molar-refractivity contribution < 1.29 is 0 Å². The van der Waals surface area contributed by atoms with Gasteiger partial charge in [-0.3, -0.25) is 4.57 Å². The molecule has 0 saturated carbocycles. The minimum atomic E-state index is -0.135. The second-order valence-electron chi connectivity index (χ2n) is 4.01. The van der Waals surface area contributed by atoms with E-state index in [4.69, 9.17) is 11.6 Å². The van der Waals surface area contributed by atoms with Crippen molar-refractivity contribution >= 4 is 11.6 Å². The molecule has 0 saturated heterocycles. The number of H-pyrrole nitrogens is 1. The molecule has 0 unspecified atom stereocenters. The number of nitrogens with zero attached hydrogens (tertiary/aromatic N) is 1. The number of aromatic nitrogens is 2. The normalized spacial score (nSPS) is 10.7. The molecule has 0 fully saturated rings. The van der Waals surface area contributed by atoms with Gasteiger partial charge in [-0.2, -0.15) is 0 Å². The zero-order valence-corrected chi connectivity index (χ0v) is 10.5. The highest BCUT2D eigenvalue weighted by Crippen LogP contribution is 2.18. The van der Waals surface area contributed by atoms with Crippen LogP contribution in [0.25, 0.3) is 5.69 Å². The number of aryl methyl sites for hydroxylation is 1. The summed E-state index contributed by atoms with van der Waals surface area (Å²) in [5.41, 5.74) is 1.54. The highest BCUT2D eigenvalue weighted by Gasteiger charge is 2.07. The smallest absolute Gasteiger partial charge is 0.310 e. The molecule has 4 heteroatoms. The fraction of sp³-hybridized carbons (Fsp3) is 0.308. The van der Waals surface area contributed by atoms with E-state index in [1.54, 1.807) is 10.6 Å². The SMILES string of the molecule is CCCCc1cn(-c2ccccc2Cl)c(=O)[nH]1. The first kappa shape index (κ1) is 12.0. The molecule has 1 N–H and O–H groups in total. The lowest BCUT2D eigenvalue weighted by Gasteiger charge is -2.02. The summed E-state index contributed by atoms with van der Waals surface area (Å²) in [6.45, 7) is 2.13. The summed E-state index contributed by atoms with van der Waals surface area (Å²) in [5.74, 6) is 0. The van der Waals surface area contributed by atoms with Crippen LogP contribution in [0.3, 0.4) is 0 Å². The third-order valence-electron chi connectivity index (χ3n) is 2.68. The molecule has 1 heterocycles. The number of hydrogen-bond donors (Lipinski definition) is 1. The molecule has 0 aliphatic carbocycles. The van der Waals surface area contributed by atoms with Crippen molar-refractivity contribution in [2.24, 2.45) is 0 Å². The minimum absolute atomic E-state index is 0.135. The van der Waals surface area contributed by atoms with Crippen LogP contribution in [0, 0.1) is 0 Å². The summed E-state index contributed by atoms with van der Waals surface area (Å²) in [7, 11) is 0. The first-order valence-corrected chi connectivity index (χ1v) is 6.15. The molecule has 0 radical (unpaired) electrons. The zero-order chi connectivity index (χ0) is 12.3. The lowest BCUT2D eigenvalue weighted by Crippen LogP contribution is -2.14. The molecule has 1 aromatic carbocycles. The van der Waals surface area contributed by atoms with Crippen molar-refractivity contribution in [1.29, 1.82) is 0 Å². The molecular formula is C13H15ClN2O. The summed E-state index contributed by atoms with van der Waals surface area (Å²) >= 11 is 6.07. The molecule has 17 heavy (non-hydrogen) atoms. The molecule has 0 atom stereocenters. The summed E-state index contributed by atoms with van der Waals surface area (Å²) in [4.78, 5) is 14.7. The largest absolute Gasteiger partial charge is 0.330 e. The molecule has 2 rings (SSSR count). The first-order valence-electron chi connectivity index (χ1n) is 5.78. The Kier molecular flexibility index (Phi) is 3.69. The van der Waals surface area contributed by atoms with Gasteiger partial charge in [-0.05, 0) is 25.0 Å². The van der Waals surface area contributed by atoms with Crippen molar-refractivity contribution in [1.82, 2.24) is 9.55 Å². The van der Waals surface area contributed by atoms with E-state index in [2.05, 4.69) is 11.9 Å². The molecule has 90 valence electrons. The van der Waals surface area contributed by atoms with E-state index < -0.39 is 0 Å². The number of halogens is 1. The summed E-state index contributed by atoms with van der Waals surface area (Å²) < 4.78 is 1.56. The monoisotopic (exact) mass is 250 g/mol. The number of imidazole rings is 1. The Morgan fingerprint density at radius 1 is 1.35 bits per heavy atom. The third kappa shape index (κ3) is 2.61. The number of rotatable bonds is 4. The van der Waals surface area contributed by atoms with Crippen molar-refractivity contribution in [3.63, 3.8) is 0 Å². The Balaban J connectivity index is 2.37. The van der Waals surface area contributed by atoms with E-state index in [-0.39, 0.29) is 5.69 Å². The van der Waals surface area contributed by atoms with Crippen LogP contribution < -0.4 is 5.69 Å². The zero-order valence-electron chi connectivity index (χ0n) is 9.74. The number of benzene rings is 1. The molecule has 1 aromatic heterocycles. The van der Waals surface area contributed by atoms with E-state index >= 15 is 0 Å². The van der Waals surface area contributed by atoms with Crippen LogP contribution in [0.4, 0.5) is 0 Å². The fourth-order valence-corrected chi connectivity index (χ4v) is 1.99. The molecule has 3 nitrogen and oxygen atoms in total.